The van der Waals surface area contributed by atoms with Gasteiger partial charge in [-0.15, -0.1) is 0 Å². The van der Waals surface area contributed by atoms with E-state index in [9.17, 15) is 0 Å². The zero-order valence-corrected chi connectivity index (χ0v) is 13.2. The summed E-state index contributed by atoms with van der Waals surface area (Å²) in [6, 6.07) is 18.3. The third-order valence-corrected chi connectivity index (χ3v) is 3.87. The van der Waals surface area contributed by atoms with E-state index in [2.05, 4.69) is 42.4 Å². The van der Waals surface area contributed by atoms with Crippen LogP contribution in [-0.4, -0.2) is 9.78 Å². The van der Waals surface area contributed by atoms with Crippen molar-refractivity contribution in [3.63, 3.8) is 0 Å². The number of benzene rings is 2. The molecule has 0 spiro atoms. The number of aryl methyl sites for hydroxylation is 1. The number of halogens is 1. The van der Waals surface area contributed by atoms with Gasteiger partial charge in [-0.25, -0.2) is 4.68 Å². The van der Waals surface area contributed by atoms with Crippen LogP contribution in [0.2, 0.25) is 5.02 Å². The molecule has 0 bridgehead atoms. The minimum absolute atomic E-state index is 0.432. The summed E-state index contributed by atoms with van der Waals surface area (Å²) in [5.41, 5.74) is 11.3. The van der Waals surface area contributed by atoms with E-state index >= 15 is 0 Å². The first kappa shape index (κ1) is 14.8. The van der Waals surface area contributed by atoms with E-state index in [0.29, 0.717) is 6.54 Å². The maximum Gasteiger partial charge on any atom is 0.0767 e. The van der Waals surface area contributed by atoms with Gasteiger partial charge in [-0.1, -0.05) is 41.4 Å². The van der Waals surface area contributed by atoms with Crippen LogP contribution in [0.5, 0.6) is 0 Å². The van der Waals surface area contributed by atoms with Gasteiger partial charge < -0.3 is 5.73 Å². The molecule has 0 saturated carbocycles. The van der Waals surface area contributed by atoms with E-state index in [1.165, 1.54) is 11.1 Å². The van der Waals surface area contributed by atoms with Gasteiger partial charge in [-0.05, 0) is 42.8 Å². The summed E-state index contributed by atoms with van der Waals surface area (Å²) in [5, 5.41) is 5.31. The molecule has 2 N–H and O–H groups in total. The van der Waals surface area contributed by atoms with Gasteiger partial charge in [0.2, 0.25) is 0 Å². The molecule has 0 atom stereocenters. The zero-order valence-electron chi connectivity index (χ0n) is 12.5. The molecule has 0 saturated heterocycles. The molecule has 1 aromatic heterocycles. The van der Waals surface area contributed by atoms with E-state index in [1.54, 1.807) is 0 Å². The fraction of sp³-hybridized carbons (Fsp3) is 0.167. The van der Waals surface area contributed by atoms with E-state index < -0.39 is 0 Å². The summed E-state index contributed by atoms with van der Waals surface area (Å²) in [5.74, 6) is 0. The molecule has 3 aromatic rings. The van der Waals surface area contributed by atoms with Gasteiger partial charge in [0.15, 0.2) is 0 Å². The second-order valence-corrected chi connectivity index (χ2v) is 5.82. The molecule has 3 nitrogen and oxygen atoms in total. The molecule has 0 aliphatic heterocycles. The summed E-state index contributed by atoms with van der Waals surface area (Å²) in [7, 11) is 0. The van der Waals surface area contributed by atoms with Crippen molar-refractivity contribution >= 4 is 11.6 Å². The highest BCUT2D eigenvalue weighted by Crippen LogP contribution is 2.19. The van der Waals surface area contributed by atoms with Crippen molar-refractivity contribution in [1.29, 1.82) is 0 Å². The molecule has 0 unspecified atom stereocenters. The summed E-state index contributed by atoms with van der Waals surface area (Å²) >= 11 is 5.97. The van der Waals surface area contributed by atoms with E-state index in [1.807, 2.05) is 28.9 Å². The zero-order chi connectivity index (χ0) is 15.5. The summed E-state index contributed by atoms with van der Waals surface area (Å²) in [4.78, 5) is 0. The normalized spacial score (nSPS) is 10.9. The van der Waals surface area contributed by atoms with Crippen molar-refractivity contribution in [3.05, 3.63) is 82.1 Å². The van der Waals surface area contributed by atoms with Crippen LogP contribution in [0.4, 0.5) is 0 Å². The van der Waals surface area contributed by atoms with E-state index in [0.717, 1.165) is 28.5 Å². The molecule has 112 valence electrons. The SMILES string of the molecule is Cc1ccc(Cc2cc(CN)nn2-c2ccc(Cl)cc2)cc1. The predicted octanol–water partition coefficient (Wildman–Crippen LogP) is 3.88. The van der Waals surface area contributed by atoms with Gasteiger partial charge in [0, 0.05) is 23.7 Å². The number of hydrogen-bond acceptors (Lipinski definition) is 2. The summed E-state index contributed by atoms with van der Waals surface area (Å²) in [6.45, 7) is 2.52. The molecule has 4 heteroatoms. The van der Waals surface area contributed by atoms with Gasteiger partial charge in [0.25, 0.3) is 0 Å². The van der Waals surface area contributed by atoms with Crippen LogP contribution in [0.15, 0.2) is 54.6 Å². The largest absolute Gasteiger partial charge is 0.325 e. The van der Waals surface area contributed by atoms with Gasteiger partial charge in [-0.2, -0.15) is 5.10 Å². The summed E-state index contributed by atoms with van der Waals surface area (Å²) < 4.78 is 1.94. The Labute approximate surface area is 135 Å². The number of rotatable bonds is 4. The molecule has 0 radical (unpaired) electrons. The average Bonchev–Trinajstić information content (AvgIpc) is 2.93. The Morgan fingerprint density at radius 3 is 2.36 bits per heavy atom. The first-order valence-corrected chi connectivity index (χ1v) is 7.63. The lowest BCUT2D eigenvalue weighted by atomic mass is 10.1. The van der Waals surface area contributed by atoms with E-state index in [4.69, 9.17) is 17.3 Å². The molecule has 22 heavy (non-hydrogen) atoms. The Morgan fingerprint density at radius 2 is 1.73 bits per heavy atom. The van der Waals surface area contributed by atoms with Gasteiger partial charge in [-0.3, -0.25) is 0 Å². The molecule has 0 amide bonds. The maximum absolute atomic E-state index is 5.97. The number of hydrogen-bond donors (Lipinski definition) is 1. The first-order chi connectivity index (χ1) is 10.7. The van der Waals surface area contributed by atoms with Crippen LogP contribution in [0.25, 0.3) is 5.69 Å². The lowest BCUT2D eigenvalue weighted by Crippen LogP contribution is -2.04. The smallest absolute Gasteiger partial charge is 0.0767 e. The third kappa shape index (κ3) is 3.21. The lowest BCUT2D eigenvalue weighted by Gasteiger charge is -2.08. The van der Waals surface area contributed by atoms with Crippen LogP contribution >= 0.6 is 11.6 Å². The molecule has 1 heterocycles. The highest BCUT2D eigenvalue weighted by Gasteiger charge is 2.10. The van der Waals surface area contributed by atoms with Gasteiger partial charge >= 0.3 is 0 Å². The average molecular weight is 312 g/mol. The van der Waals surface area contributed by atoms with E-state index in [-0.39, 0.29) is 0 Å². The Kier molecular flexibility index (Phi) is 4.27. The number of nitrogens with two attached hydrogens (primary N) is 1. The predicted molar refractivity (Wildman–Crippen MR) is 90.5 cm³/mol. The van der Waals surface area contributed by atoms with Crippen molar-refractivity contribution in [2.45, 2.75) is 19.9 Å². The fourth-order valence-corrected chi connectivity index (χ4v) is 2.55. The van der Waals surface area contributed by atoms with Crippen molar-refractivity contribution in [3.8, 4) is 5.69 Å². The van der Waals surface area contributed by atoms with Crippen LogP contribution in [-0.2, 0) is 13.0 Å². The number of nitrogens with zero attached hydrogens (tertiary/aromatic N) is 2. The third-order valence-electron chi connectivity index (χ3n) is 3.62. The molecule has 0 fully saturated rings. The van der Waals surface area contributed by atoms with Crippen molar-refractivity contribution < 1.29 is 0 Å². The van der Waals surface area contributed by atoms with Crippen LogP contribution in [0, 0.1) is 6.92 Å². The minimum atomic E-state index is 0.432. The Hall–Kier alpha value is -2.10. The Bertz CT molecular complexity index is 758. The Morgan fingerprint density at radius 1 is 1.05 bits per heavy atom. The molecule has 0 aliphatic carbocycles. The second-order valence-electron chi connectivity index (χ2n) is 5.38. The standard InChI is InChI=1S/C18H18ClN3/c1-13-2-4-14(5-3-13)10-18-11-16(12-20)21-22(18)17-8-6-15(19)7-9-17/h2-9,11H,10,12,20H2,1H3. The lowest BCUT2D eigenvalue weighted by molar-refractivity contribution is 0.797. The number of aromatic nitrogens is 2. The van der Waals surface area contributed by atoms with Crippen LogP contribution in [0.3, 0.4) is 0 Å². The highest BCUT2D eigenvalue weighted by atomic mass is 35.5. The second kappa shape index (κ2) is 6.34. The van der Waals surface area contributed by atoms with Crippen molar-refractivity contribution in [2.24, 2.45) is 5.73 Å². The molecule has 0 aliphatic rings. The quantitative estimate of drug-likeness (QED) is 0.794. The molecule has 2 aromatic carbocycles. The highest BCUT2D eigenvalue weighted by molar-refractivity contribution is 6.30. The van der Waals surface area contributed by atoms with Crippen molar-refractivity contribution in [2.75, 3.05) is 0 Å². The molecular formula is C18H18ClN3. The van der Waals surface area contributed by atoms with Crippen LogP contribution < -0.4 is 5.73 Å². The van der Waals surface area contributed by atoms with Gasteiger partial charge in [0.05, 0.1) is 11.4 Å². The van der Waals surface area contributed by atoms with Gasteiger partial charge in [0.1, 0.15) is 0 Å². The topological polar surface area (TPSA) is 43.8 Å². The minimum Gasteiger partial charge on any atom is -0.325 e. The van der Waals surface area contributed by atoms with Crippen LogP contribution in [0.1, 0.15) is 22.5 Å². The first-order valence-electron chi connectivity index (χ1n) is 7.25. The van der Waals surface area contributed by atoms with Crippen molar-refractivity contribution in [1.82, 2.24) is 9.78 Å². The summed E-state index contributed by atoms with van der Waals surface area (Å²) in [6.07, 6.45) is 0.815. The maximum atomic E-state index is 5.97. The Balaban J connectivity index is 1.97. The molecule has 3 rings (SSSR count). The molecular weight excluding hydrogens is 294 g/mol. The monoisotopic (exact) mass is 311 g/mol. The fourth-order valence-electron chi connectivity index (χ4n) is 2.42.